The van der Waals surface area contributed by atoms with Crippen molar-refractivity contribution in [1.29, 1.82) is 0 Å². The fourth-order valence-corrected chi connectivity index (χ4v) is 1.61. The van der Waals surface area contributed by atoms with E-state index in [-0.39, 0.29) is 0 Å². The molecule has 7 heteroatoms. The number of nitrogens with two attached hydrogens (primary N) is 1. The molecule has 0 aromatic carbocycles. The molecular formula is C10H11N7. The Morgan fingerprint density at radius 3 is 3.18 bits per heavy atom. The van der Waals surface area contributed by atoms with Crippen LogP contribution in [0.25, 0.3) is 22.7 Å². The van der Waals surface area contributed by atoms with Crippen LogP contribution in [0, 0.1) is 0 Å². The zero-order valence-electron chi connectivity index (χ0n) is 9.04. The fraction of sp³-hybridized carbons (Fsp3) is 0.200. The minimum atomic E-state index is 0.532. The summed E-state index contributed by atoms with van der Waals surface area (Å²) in [5.41, 5.74) is 7.70. The zero-order chi connectivity index (χ0) is 11.7. The average Bonchev–Trinajstić information content (AvgIpc) is 2.94. The third-order valence-electron chi connectivity index (χ3n) is 2.40. The molecule has 3 aromatic rings. The predicted octanol–water partition coefficient (Wildman–Crippen LogP) is 0.175. The molecule has 0 unspecified atom stereocenters. The number of H-pyrrole nitrogens is 1. The first kappa shape index (κ1) is 9.91. The van der Waals surface area contributed by atoms with Gasteiger partial charge in [0.25, 0.3) is 0 Å². The Balaban J connectivity index is 2.01. The Bertz CT molecular complexity index is 606. The monoisotopic (exact) mass is 229 g/mol. The highest BCUT2D eigenvalue weighted by Crippen LogP contribution is 2.15. The summed E-state index contributed by atoms with van der Waals surface area (Å²) in [4.78, 5) is 11.6. The first-order valence-electron chi connectivity index (χ1n) is 5.28. The van der Waals surface area contributed by atoms with E-state index >= 15 is 0 Å². The van der Waals surface area contributed by atoms with Gasteiger partial charge < -0.3 is 10.7 Å². The molecule has 0 saturated carbocycles. The van der Waals surface area contributed by atoms with E-state index in [1.165, 1.54) is 0 Å². The maximum absolute atomic E-state index is 5.45. The van der Waals surface area contributed by atoms with E-state index in [4.69, 9.17) is 5.73 Å². The standard InChI is InChI=1S/C10H11N7/c11-3-5-17-6-8(15-16-17)10-13-7-2-1-4-12-9(7)14-10/h1-2,4,6H,3,5,11H2,(H,12,13,14). The predicted molar refractivity (Wildman–Crippen MR) is 62.0 cm³/mol. The van der Waals surface area contributed by atoms with Crippen LogP contribution in [0.15, 0.2) is 24.5 Å². The minimum Gasteiger partial charge on any atom is -0.335 e. The van der Waals surface area contributed by atoms with Crippen LogP contribution in [0.2, 0.25) is 0 Å². The molecule has 0 radical (unpaired) electrons. The second-order valence-electron chi connectivity index (χ2n) is 3.62. The number of imidazole rings is 1. The Morgan fingerprint density at radius 1 is 1.41 bits per heavy atom. The summed E-state index contributed by atoms with van der Waals surface area (Å²) >= 11 is 0. The molecule has 3 N–H and O–H groups in total. The number of aromatic amines is 1. The minimum absolute atomic E-state index is 0.532. The summed E-state index contributed by atoms with van der Waals surface area (Å²) in [5.74, 6) is 0.668. The van der Waals surface area contributed by atoms with Crippen molar-refractivity contribution in [2.75, 3.05) is 6.54 Å². The largest absolute Gasteiger partial charge is 0.335 e. The average molecular weight is 229 g/mol. The summed E-state index contributed by atoms with van der Waals surface area (Å²) in [7, 11) is 0. The van der Waals surface area contributed by atoms with Crippen molar-refractivity contribution in [2.45, 2.75) is 6.54 Å². The van der Waals surface area contributed by atoms with Gasteiger partial charge >= 0.3 is 0 Å². The molecule has 3 aromatic heterocycles. The maximum atomic E-state index is 5.45. The van der Waals surface area contributed by atoms with Crippen LogP contribution >= 0.6 is 0 Å². The van der Waals surface area contributed by atoms with Crippen LogP contribution in [0.1, 0.15) is 0 Å². The lowest BCUT2D eigenvalue weighted by Crippen LogP contribution is -2.10. The third-order valence-corrected chi connectivity index (χ3v) is 2.40. The Morgan fingerprint density at radius 2 is 2.35 bits per heavy atom. The molecule has 0 bridgehead atoms. The van der Waals surface area contributed by atoms with Crippen molar-refractivity contribution < 1.29 is 0 Å². The van der Waals surface area contributed by atoms with Gasteiger partial charge in [0.1, 0.15) is 5.69 Å². The molecule has 0 fully saturated rings. The van der Waals surface area contributed by atoms with Crippen LogP contribution in [0.5, 0.6) is 0 Å². The van der Waals surface area contributed by atoms with Crippen molar-refractivity contribution in [1.82, 2.24) is 29.9 Å². The van der Waals surface area contributed by atoms with Gasteiger partial charge in [-0.15, -0.1) is 5.10 Å². The summed E-state index contributed by atoms with van der Waals surface area (Å²) < 4.78 is 1.69. The van der Waals surface area contributed by atoms with Gasteiger partial charge in [0.2, 0.25) is 0 Å². The molecule has 0 saturated heterocycles. The summed E-state index contributed by atoms with van der Waals surface area (Å²) in [6.07, 6.45) is 3.52. The lowest BCUT2D eigenvalue weighted by Gasteiger charge is -1.92. The number of pyridine rings is 1. The highest BCUT2D eigenvalue weighted by atomic mass is 15.4. The van der Waals surface area contributed by atoms with Crippen LogP contribution in [0.3, 0.4) is 0 Å². The molecule has 0 aliphatic carbocycles. The first-order valence-corrected chi connectivity index (χ1v) is 5.28. The Labute approximate surface area is 96.7 Å². The van der Waals surface area contributed by atoms with E-state index in [1.807, 2.05) is 18.3 Å². The second-order valence-corrected chi connectivity index (χ2v) is 3.62. The molecule has 0 atom stereocenters. The van der Waals surface area contributed by atoms with Crippen molar-refractivity contribution in [2.24, 2.45) is 5.73 Å². The van der Waals surface area contributed by atoms with Gasteiger partial charge in [-0.1, -0.05) is 5.21 Å². The maximum Gasteiger partial charge on any atom is 0.178 e. The second kappa shape index (κ2) is 3.95. The highest BCUT2D eigenvalue weighted by molar-refractivity contribution is 5.74. The molecular weight excluding hydrogens is 218 g/mol. The molecule has 0 amide bonds. The van der Waals surface area contributed by atoms with E-state index in [0.717, 1.165) is 5.52 Å². The number of aromatic nitrogens is 6. The normalized spacial score (nSPS) is 11.1. The first-order chi connectivity index (χ1) is 8.36. The van der Waals surface area contributed by atoms with Gasteiger partial charge in [-0.05, 0) is 12.1 Å². The molecule has 3 heterocycles. The Kier molecular flexibility index (Phi) is 2.30. The molecule has 86 valence electrons. The van der Waals surface area contributed by atoms with Gasteiger partial charge in [-0.25, -0.2) is 9.97 Å². The molecule has 3 rings (SSSR count). The van der Waals surface area contributed by atoms with Crippen molar-refractivity contribution in [3.05, 3.63) is 24.5 Å². The molecule has 0 aliphatic rings. The summed E-state index contributed by atoms with van der Waals surface area (Å²) in [5, 5.41) is 7.99. The van der Waals surface area contributed by atoms with Gasteiger partial charge in [-0.3, -0.25) is 4.68 Å². The SMILES string of the molecule is NCCn1cc(-c2nc3ncccc3[nH]2)nn1. The van der Waals surface area contributed by atoms with E-state index in [9.17, 15) is 0 Å². The van der Waals surface area contributed by atoms with E-state index in [2.05, 4.69) is 25.3 Å². The molecule has 7 nitrogen and oxygen atoms in total. The number of hydrogen-bond acceptors (Lipinski definition) is 5. The van der Waals surface area contributed by atoms with Crippen molar-refractivity contribution in [3.8, 4) is 11.5 Å². The van der Waals surface area contributed by atoms with E-state index in [0.29, 0.717) is 30.3 Å². The van der Waals surface area contributed by atoms with Crippen molar-refractivity contribution >= 4 is 11.2 Å². The number of hydrogen-bond donors (Lipinski definition) is 2. The highest BCUT2D eigenvalue weighted by Gasteiger charge is 2.09. The number of fused-ring (bicyclic) bond motifs is 1. The number of rotatable bonds is 3. The third kappa shape index (κ3) is 1.76. The van der Waals surface area contributed by atoms with E-state index in [1.54, 1.807) is 10.9 Å². The zero-order valence-corrected chi connectivity index (χ0v) is 9.04. The number of nitrogens with one attached hydrogen (secondary N) is 1. The van der Waals surface area contributed by atoms with E-state index < -0.39 is 0 Å². The fourth-order valence-electron chi connectivity index (χ4n) is 1.61. The Hall–Kier alpha value is -2.28. The summed E-state index contributed by atoms with van der Waals surface area (Å²) in [6, 6.07) is 3.78. The van der Waals surface area contributed by atoms with Crippen LogP contribution in [-0.4, -0.2) is 36.5 Å². The molecule has 17 heavy (non-hydrogen) atoms. The van der Waals surface area contributed by atoms with Gasteiger partial charge in [0.15, 0.2) is 11.5 Å². The van der Waals surface area contributed by atoms with Crippen molar-refractivity contribution in [3.63, 3.8) is 0 Å². The lowest BCUT2D eigenvalue weighted by atomic mass is 10.4. The van der Waals surface area contributed by atoms with Gasteiger partial charge in [0, 0.05) is 12.7 Å². The smallest absolute Gasteiger partial charge is 0.178 e. The quantitative estimate of drug-likeness (QED) is 0.667. The van der Waals surface area contributed by atoms with Crippen LogP contribution in [-0.2, 0) is 6.54 Å². The van der Waals surface area contributed by atoms with Crippen LogP contribution < -0.4 is 5.73 Å². The number of nitrogens with zero attached hydrogens (tertiary/aromatic N) is 5. The molecule has 0 aliphatic heterocycles. The topological polar surface area (TPSA) is 98.3 Å². The summed E-state index contributed by atoms with van der Waals surface area (Å²) in [6.45, 7) is 1.18. The lowest BCUT2D eigenvalue weighted by molar-refractivity contribution is 0.598. The van der Waals surface area contributed by atoms with Gasteiger partial charge in [-0.2, -0.15) is 0 Å². The molecule has 0 spiro atoms. The van der Waals surface area contributed by atoms with Gasteiger partial charge in [0.05, 0.1) is 18.3 Å². The van der Waals surface area contributed by atoms with Crippen LogP contribution in [0.4, 0.5) is 0 Å².